The zero-order valence-electron chi connectivity index (χ0n) is 15.6. The average molecular weight is 363 g/mol. The van der Waals surface area contributed by atoms with Crippen molar-refractivity contribution in [3.63, 3.8) is 0 Å². The van der Waals surface area contributed by atoms with Crippen molar-refractivity contribution in [2.24, 2.45) is 0 Å². The summed E-state index contributed by atoms with van der Waals surface area (Å²) in [7, 11) is 0. The summed E-state index contributed by atoms with van der Waals surface area (Å²) in [6.45, 7) is 6.22. The molecule has 27 heavy (non-hydrogen) atoms. The van der Waals surface area contributed by atoms with Crippen LogP contribution in [0, 0.1) is 12.3 Å². The minimum absolute atomic E-state index is 0.0716. The number of benzene rings is 2. The summed E-state index contributed by atoms with van der Waals surface area (Å²) >= 11 is 0. The molecular weight excluding hydrogens is 338 g/mol. The van der Waals surface area contributed by atoms with E-state index in [4.69, 9.17) is 11.2 Å². The van der Waals surface area contributed by atoms with Gasteiger partial charge in [0.15, 0.2) is 0 Å². The van der Waals surface area contributed by atoms with Gasteiger partial charge >= 0.3 is 0 Å². The first-order chi connectivity index (χ1) is 13.2. The highest BCUT2D eigenvalue weighted by Crippen LogP contribution is 2.40. The second kappa shape index (κ2) is 10.2. The number of rotatable bonds is 5. The molecule has 1 aliphatic heterocycles. The third-order valence-electron chi connectivity index (χ3n) is 4.30. The summed E-state index contributed by atoms with van der Waals surface area (Å²) in [5, 5.41) is 12.5. The molecule has 0 bridgehead atoms. The Morgan fingerprint density at radius 1 is 1.37 bits per heavy atom. The van der Waals surface area contributed by atoms with Crippen LogP contribution in [0.1, 0.15) is 35.6 Å². The Bertz CT molecular complexity index is 832. The zero-order valence-corrected chi connectivity index (χ0v) is 15.6. The maximum Gasteiger partial charge on any atom is 0.207 e. The number of carbonyl (C=O) groups is 1. The molecule has 4 heteroatoms. The summed E-state index contributed by atoms with van der Waals surface area (Å²) in [5.74, 6) is 3.44. The maximum absolute atomic E-state index is 10.7. The lowest BCUT2D eigenvalue weighted by Crippen LogP contribution is -2.17. The Labute approximate surface area is 160 Å². The van der Waals surface area contributed by atoms with E-state index in [1.807, 2.05) is 37.3 Å². The largest absolute Gasteiger partial charge is 0.493 e. The molecule has 0 aliphatic carbocycles. The molecule has 1 amide bonds. The number of nitrogens with one attached hydrogen (secondary N) is 1. The summed E-state index contributed by atoms with van der Waals surface area (Å²) in [6.07, 6.45) is 9.61. The first-order valence-electron chi connectivity index (χ1n) is 8.92. The van der Waals surface area contributed by atoms with E-state index in [9.17, 15) is 9.90 Å². The smallest absolute Gasteiger partial charge is 0.207 e. The highest BCUT2D eigenvalue weighted by molar-refractivity contribution is 5.75. The van der Waals surface area contributed by atoms with E-state index in [-0.39, 0.29) is 6.61 Å². The number of terminal acetylenes is 1. The van der Waals surface area contributed by atoms with Crippen LogP contribution in [0.25, 0.3) is 11.1 Å². The SMILES string of the molecule is C#Cc1ccc(-c2cc(CNC=O)c(CO)c3c2OCCC3)cc1.C=CC. The second-order valence-corrected chi connectivity index (χ2v) is 6.11. The van der Waals surface area contributed by atoms with Gasteiger partial charge < -0.3 is 15.2 Å². The normalized spacial score (nSPS) is 11.7. The summed E-state index contributed by atoms with van der Waals surface area (Å²) in [6, 6.07) is 9.72. The van der Waals surface area contributed by atoms with E-state index in [0.717, 1.165) is 52.0 Å². The predicted molar refractivity (Wildman–Crippen MR) is 108 cm³/mol. The van der Waals surface area contributed by atoms with E-state index in [1.54, 1.807) is 6.08 Å². The number of hydrogen-bond acceptors (Lipinski definition) is 3. The highest BCUT2D eigenvalue weighted by atomic mass is 16.5. The van der Waals surface area contributed by atoms with E-state index < -0.39 is 0 Å². The molecule has 0 aromatic heterocycles. The molecule has 2 N–H and O–H groups in total. The number of fused-ring (bicyclic) bond motifs is 1. The molecule has 0 fully saturated rings. The third-order valence-corrected chi connectivity index (χ3v) is 4.30. The van der Waals surface area contributed by atoms with Crippen molar-refractivity contribution in [2.45, 2.75) is 32.9 Å². The number of ether oxygens (including phenoxy) is 1. The van der Waals surface area contributed by atoms with Gasteiger partial charge in [0.2, 0.25) is 6.41 Å². The van der Waals surface area contributed by atoms with Crippen LogP contribution in [-0.4, -0.2) is 18.1 Å². The Morgan fingerprint density at radius 2 is 2.07 bits per heavy atom. The van der Waals surface area contributed by atoms with Crippen molar-refractivity contribution in [1.29, 1.82) is 0 Å². The molecule has 2 aromatic rings. The Morgan fingerprint density at radius 3 is 2.67 bits per heavy atom. The van der Waals surface area contributed by atoms with Gasteiger partial charge in [-0.2, -0.15) is 0 Å². The van der Waals surface area contributed by atoms with Gasteiger partial charge in [-0.05, 0) is 54.7 Å². The standard InChI is InChI=1S/C20H19NO3.C3H6/c1-2-14-5-7-15(8-6-14)18-10-16(11-21-13-23)19(12-22)17-4-3-9-24-20(17)18;1-3-2/h1,5-8,10,13,22H,3-4,9,11-12H2,(H,21,23);3H,1H2,2H3. The van der Waals surface area contributed by atoms with Gasteiger partial charge in [0.1, 0.15) is 5.75 Å². The van der Waals surface area contributed by atoms with Crippen molar-refractivity contribution in [3.05, 3.63) is 65.2 Å². The monoisotopic (exact) mass is 363 g/mol. The van der Waals surface area contributed by atoms with Gasteiger partial charge in [-0.3, -0.25) is 4.79 Å². The Hall–Kier alpha value is -3.03. The molecular formula is C23H25NO3. The first kappa shape index (κ1) is 20.3. The third kappa shape index (κ3) is 4.78. The number of aliphatic hydroxyl groups excluding tert-OH is 1. The molecule has 4 nitrogen and oxygen atoms in total. The van der Waals surface area contributed by atoms with E-state index in [0.29, 0.717) is 19.6 Å². The number of amides is 1. The second-order valence-electron chi connectivity index (χ2n) is 6.11. The predicted octanol–water partition coefficient (Wildman–Crippen LogP) is 3.59. The van der Waals surface area contributed by atoms with E-state index in [1.165, 1.54) is 0 Å². The van der Waals surface area contributed by atoms with E-state index in [2.05, 4.69) is 17.8 Å². The van der Waals surface area contributed by atoms with E-state index >= 15 is 0 Å². The summed E-state index contributed by atoms with van der Waals surface area (Å²) in [5.41, 5.74) is 5.58. The van der Waals surface area contributed by atoms with Crippen molar-refractivity contribution in [3.8, 4) is 29.2 Å². The van der Waals surface area contributed by atoms with Crippen molar-refractivity contribution >= 4 is 6.41 Å². The van der Waals surface area contributed by atoms with Crippen LogP contribution in [0.5, 0.6) is 5.75 Å². The Balaban J connectivity index is 0.000000817. The van der Waals surface area contributed by atoms with Gasteiger partial charge in [-0.15, -0.1) is 13.0 Å². The van der Waals surface area contributed by atoms with Crippen LogP contribution in [0.2, 0.25) is 0 Å². The van der Waals surface area contributed by atoms with Crippen LogP contribution < -0.4 is 10.1 Å². The Kier molecular flexibility index (Phi) is 7.66. The molecule has 140 valence electrons. The molecule has 1 aliphatic rings. The summed E-state index contributed by atoms with van der Waals surface area (Å²) < 4.78 is 5.93. The van der Waals surface area contributed by atoms with Crippen LogP contribution in [0.15, 0.2) is 43.0 Å². The summed E-state index contributed by atoms with van der Waals surface area (Å²) in [4.78, 5) is 10.7. The molecule has 0 unspecified atom stereocenters. The molecule has 1 heterocycles. The van der Waals surface area contributed by atoms with Crippen molar-refractivity contribution < 1.29 is 14.6 Å². The fraction of sp³-hybridized carbons (Fsp3) is 0.261. The quantitative estimate of drug-likeness (QED) is 0.485. The topological polar surface area (TPSA) is 58.6 Å². The number of allylic oxidation sites excluding steroid dienone is 1. The zero-order chi connectivity index (χ0) is 19.6. The van der Waals surface area contributed by atoms with Gasteiger partial charge in [-0.25, -0.2) is 0 Å². The van der Waals surface area contributed by atoms with Gasteiger partial charge in [0.25, 0.3) is 0 Å². The number of aliphatic hydroxyl groups is 1. The van der Waals surface area contributed by atoms with Crippen LogP contribution in [-0.2, 0) is 24.4 Å². The van der Waals surface area contributed by atoms with Gasteiger partial charge in [-0.1, -0.05) is 24.1 Å². The maximum atomic E-state index is 10.7. The fourth-order valence-corrected chi connectivity index (χ4v) is 3.14. The minimum atomic E-state index is -0.0716. The van der Waals surface area contributed by atoms with Crippen molar-refractivity contribution in [1.82, 2.24) is 5.32 Å². The van der Waals surface area contributed by atoms with Crippen molar-refractivity contribution in [2.75, 3.05) is 6.61 Å². The molecule has 2 aromatic carbocycles. The molecule has 0 spiro atoms. The van der Waals surface area contributed by atoms with Crippen LogP contribution >= 0.6 is 0 Å². The molecule has 0 saturated carbocycles. The fourth-order valence-electron chi connectivity index (χ4n) is 3.14. The lowest BCUT2D eigenvalue weighted by atomic mass is 9.89. The lowest BCUT2D eigenvalue weighted by molar-refractivity contribution is -0.109. The average Bonchev–Trinajstić information content (AvgIpc) is 2.72. The molecule has 0 saturated heterocycles. The number of carbonyl (C=O) groups excluding carboxylic acids is 1. The lowest BCUT2D eigenvalue weighted by Gasteiger charge is -2.25. The molecule has 0 atom stereocenters. The molecule has 3 rings (SSSR count). The minimum Gasteiger partial charge on any atom is -0.493 e. The highest BCUT2D eigenvalue weighted by Gasteiger charge is 2.22. The van der Waals surface area contributed by atoms with Gasteiger partial charge in [0, 0.05) is 23.2 Å². The van der Waals surface area contributed by atoms with Gasteiger partial charge in [0.05, 0.1) is 13.2 Å². The van der Waals surface area contributed by atoms with Crippen LogP contribution in [0.4, 0.5) is 0 Å². The van der Waals surface area contributed by atoms with Crippen LogP contribution in [0.3, 0.4) is 0 Å². The number of hydrogen-bond donors (Lipinski definition) is 2. The first-order valence-corrected chi connectivity index (χ1v) is 8.92. The molecule has 0 radical (unpaired) electrons.